The molecule has 0 saturated carbocycles. The maximum absolute atomic E-state index is 8.85. The number of hydrogen-bond acceptors (Lipinski definition) is 2. The van der Waals surface area contributed by atoms with Crippen molar-refractivity contribution in [3.63, 3.8) is 0 Å². The van der Waals surface area contributed by atoms with Crippen LogP contribution in [0.1, 0.15) is 0 Å². The Labute approximate surface area is 74.6 Å². The summed E-state index contributed by atoms with van der Waals surface area (Å²) in [6, 6.07) is 0. The van der Waals surface area contributed by atoms with Gasteiger partial charge in [-0.05, 0) is 0 Å². The topological polar surface area (TPSA) is 74.6 Å². The van der Waals surface area contributed by atoms with Crippen molar-refractivity contribution >= 4 is 0 Å². The van der Waals surface area contributed by atoms with Crippen LogP contribution in [0.25, 0.3) is 0 Å². The quantitative estimate of drug-likeness (QED) is 0.428. The Morgan fingerprint density at radius 1 is 1.00 bits per heavy atom. The van der Waals surface area contributed by atoms with Crippen LogP contribution in [0.5, 0.6) is 0 Å². The van der Waals surface area contributed by atoms with Crippen molar-refractivity contribution in [2.75, 3.05) is 0 Å². The number of rotatable bonds is 0. The van der Waals surface area contributed by atoms with Crippen molar-refractivity contribution in [2.45, 2.75) is 0 Å². The van der Waals surface area contributed by atoms with Gasteiger partial charge in [-0.15, -0.1) is 0 Å². The van der Waals surface area contributed by atoms with E-state index in [2.05, 4.69) is 0 Å². The summed E-state index contributed by atoms with van der Waals surface area (Å²) in [5.74, 6) is 0. The van der Waals surface area contributed by atoms with E-state index in [1.807, 2.05) is 0 Å². The third kappa shape index (κ3) is 90.6. The molecule has 0 aliphatic heterocycles. The van der Waals surface area contributed by atoms with Crippen molar-refractivity contribution in [3.8, 4) is 0 Å². The Morgan fingerprint density at radius 3 is 1.00 bits per heavy atom. The SMILES string of the molecule is [Ag].[Ag].[O]=[Os](=[O])([OH])[OH]. The first-order valence-electron chi connectivity index (χ1n) is 0.605. The summed E-state index contributed by atoms with van der Waals surface area (Å²) in [5.41, 5.74) is 0. The van der Waals surface area contributed by atoms with Gasteiger partial charge in [0.15, 0.2) is 0 Å². The maximum atomic E-state index is 8.85. The molecule has 7 heteroatoms. The predicted molar refractivity (Wildman–Crippen MR) is 5.81 cm³/mol. The van der Waals surface area contributed by atoms with Crippen molar-refractivity contribution < 1.29 is 75.3 Å². The molecule has 0 aromatic heterocycles. The molecule has 56 valence electrons. The van der Waals surface area contributed by atoms with Crippen LogP contribution in [0.4, 0.5) is 0 Å². The zero-order valence-corrected chi connectivity index (χ0v) is 8.17. The van der Waals surface area contributed by atoms with Crippen molar-refractivity contribution in [1.82, 2.24) is 0 Å². The van der Waals surface area contributed by atoms with E-state index in [1.54, 1.807) is 0 Å². The summed E-state index contributed by atoms with van der Waals surface area (Å²) in [7, 11) is 0. The average molecular weight is 472 g/mol. The molecule has 0 aromatic rings. The summed E-state index contributed by atoms with van der Waals surface area (Å²) in [6.07, 6.45) is 0. The van der Waals surface area contributed by atoms with Gasteiger partial charge in [0, 0.05) is 44.8 Å². The van der Waals surface area contributed by atoms with E-state index >= 15 is 0 Å². The van der Waals surface area contributed by atoms with Crippen LogP contribution in [0.3, 0.4) is 0 Å². The second-order valence-electron chi connectivity index (χ2n) is 0.388. The molecule has 0 bridgehead atoms. The van der Waals surface area contributed by atoms with Crippen LogP contribution < -0.4 is 0 Å². The second-order valence-corrected chi connectivity index (χ2v) is 3.17. The Hall–Kier alpha value is 1.64. The summed E-state index contributed by atoms with van der Waals surface area (Å²) >= 11 is -5.56. The van der Waals surface area contributed by atoms with Crippen LogP contribution in [0.15, 0.2) is 0 Å². The van der Waals surface area contributed by atoms with Gasteiger partial charge in [-0.25, -0.2) is 0 Å². The molecule has 2 radical (unpaired) electrons. The van der Waals surface area contributed by atoms with Gasteiger partial charge in [0.2, 0.25) is 0 Å². The van der Waals surface area contributed by atoms with Crippen molar-refractivity contribution in [2.24, 2.45) is 0 Å². The molecule has 0 amide bonds. The van der Waals surface area contributed by atoms with E-state index in [9.17, 15) is 0 Å². The first kappa shape index (κ1) is 15.9. The normalized spacial score (nSPS) is 10.6. The fourth-order valence-electron chi connectivity index (χ4n) is 0. The minimum absolute atomic E-state index is 0. The predicted octanol–water partition coefficient (Wildman–Crippen LogP) is -1.36. The third-order valence-electron chi connectivity index (χ3n) is 0. The number of hydrogen-bond donors (Lipinski definition) is 2. The summed E-state index contributed by atoms with van der Waals surface area (Å²) in [6.45, 7) is 0. The van der Waals surface area contributed by atoms with Gasteiger partial charge in [0.05, 0.1) is 0 Å². The second kappa shape index (κ2) is 5.77. The van der Waals surface area contributed by atoms with E-state index in [4.69, 9.17) is 14.9 Å². The molecule has 0 aliphatic carbocycles. The van der Waals surface area contributed by atoms with Crippen molar-refractivity contribution in [1.29, 1.82) is 0 Å². The van der Waals surface area contributed by atoms with Crippen LogP contribution in [0, 0.1) is 0 Å². The van der Waals surface area contributed by atoms with E-state index in [0.717, 1.165) is 0 Å². The molecule has 0 atom stereocenters. The van der Waals surface area contributed by atoms with Crippen LogP contribution in [-0.4, -0.2) is 7.80 Å². The van der Waals surface area contributed by atoms with Gasteiger partial charge in [-0.1, -0.05) is 0 Å². The molecule has 0 fully saturated rings. The minimum atomic E-state index is -5.56. The Bertz CT molecular complexity index is 92.9. The summed E-state index contributed by atoms with van der Waals surface area (Å²) in [4.78, 5) is 0. The molecule has 0 unspecified atom stereocenters. The first-order valence-corrected chi connectivity index (χ1v) is 4.95. The Morgan fingerprint density at radius 2 is 1.00 bits per heavy atom. The van der Waals surface area contributed by atoms with E-state index in [-0.39, 0.29) is 44.8 Å². The fourth-order valence-corrected chi connectivity index (χ4v) is 0. The molecule has 7 heavy (non-hydrogen) atoms. The van der Waals surface area contributed by atoms with E-state index < -0.39 is 15.7 Å². The van der Waals surface area contributed by atoms with Crippen molar-refractivity contribution in [3.05, 3.63) is 0 Å². The Kier molecular flexibility index (Phi) is 13.1. The van der Waals surface area contributed by atoms with Gasteiger partial charge in [-0.2, -0.15) is 0 Å². The third-order valence-corrected chi connectivity index (χ3v) is 0. The molecule has 4 nitrogen and oxygen atoms in total. The molecule has 0 spiro atoms. The van der Waals surface area contributed by atoms with E-state index in [0.29, 0.717) is 0 Å². The van der Waals surface area contributed by atoms with Crippen LogP contribution in [-0.2, 0) is 67.5 Å². The molecule has 0 aliphatic rings. The standard InChI is InChI=1S/2Ag.2H2O.2O.Os/h;;2*1H2;;;/q;;;;;;+2/p-2. The van der Waals surface area contributed by atoms with Gasteiger partial charge >= 0.3 is 30.5 Å². The van der Waals surface area contributed by atoms with E-state index in [1.165, 1.54) is 0 Å². The van der Waals surface area contributed by atoms with Gasteiger partial charge < -0.3 is 0 Å². The molecular formula is H2Ag2O4Os. The van der Waals surface area contributed by atoms with Gasteiger partial charge in [0.25, 0.3) is 0 Å². The molecule has 0 saturated heterocycles. The molecule has 0 heterocycles. The first-order chi connectivity index (χ1) is 2.00. The van der Waals surface area contributed by atoms with Gasteiger partial charge in [-0.3, -0.25) is 0 Å². The molecular weight excluding hydrogens is 470 g/mol. The molecule has 2 N–H and O–H groups in total. The van der Waals surface area contributed by atoms with Crippen LogP contribution in [0.2, 0.25) is 0 Å². The summed E-state index contributed by atoms with van der Waals surface area (Å²) < 4.78 is 32.0. The average Bonchev–Trinajstić information content (AvgIpc) is 0.722. The zero-order chi connectivity index (χ0) is 4.50. The monoisotopic (exact) mass is 472 g/mol. The fraction of sp³-hybridized carbons (Fsp3) is 0. The Balaban J connectivity index is -0.0000000800. The van der Waals surface area contributed by atoms with Crippen LogP contribution >= 0.6 is 0 Å². The molecule has 0 aromatic carbocycles. The molecule has 0 rings (SSSR count). The zero-order valence-electron chi connectivity index (χ0n) is 2.67. The van der Waals surface area contributed by atoms with Gasteiger partial charge in [0.1, 0.15) is 0 Å². The summed E-state index contributed by atoms with van der Waals surface area (Å²) in [5, 5.41) is 0.